The molecule has 0 amide bonds. The second-order valence-electron chi connectivity index (χ2n) is 9.42. The van der Waals surface area contributed by atoms with Gasteiger partial charge in [0.1, 0.15) is 11.7 Å². The van der Waals surface area contributed by atoms with Gasteiger partial charge in [-0.1, -0.05) is 38.8 Å². The van der Waals surface area contributed by atoms with Crippen molar-refractivity contribution in [1.82, 2.24) is 0 Å². The molecule has 4 aliphatic carbocycles. The second-order valence-corrected chi connectivity index (χ2v) is 9.42. The van der Waals surface area contributed by atoms with E-state index in [1.165, 1.54) is 0 Å². The topological polar surface area (TPSA) is 63.6 Å². The Morgan fingerprint density at radius 1 is 1.40 bits per heavy atom. The Hall–Kier alpha value is -1.16. The maximum absolute atomic E-state index is 13.0. The molecule has 0 saturated heterocycles. The number of aldehydes is 1. The standard InChI is InChI=1S/C21H30O4/c1-12(2)17-7-14-8-19(10-22)16-6-5-13(3)15(16)9-20(14,11-25-4)21(17,19)18(23)24/h7,10,12-16H,5-6,8-9,11H2,1-4H3,(H,23,24)/t13?,14?,15?,16?,19-,20+,21-/m0/s1. The zero-order valence-corrected chi connectivity index (χ0v) is 15.7. The Bertz CT molecular complexity index is 652. The highest BCUT2D eigenvalue weighted by atomic mass is 16.5. The van der Waals surface area contributed by atoms with E-state index in [4.69, 9.17) is 4.74 Å². The van der Waals surface area contributed by atoms with Crippen LogP contribution in [0.5, 0.6) is 0 Å². The lowest BCUT2D eigenvalue weighted by molar-refractivity contribution is -0.185. The van der Waals surface area contributed by atoms with Crippen LogP contribution in [-0.2, 0) is 14.3 Å². The summed E-state index contributed by atoms with van der Waals surface area (Å²) in [5.74, 6) is 0.684. The van der Waals surface area contributed by atoms with Crippen molar-refractivity contribution >= 4 is 12.3 Å². The van der Waals surface area contributed by atoms with Crippen LogP contribution in [0.2, 0.25) is 0 Å². The summed E-state index contributed by atoms with van der Waals surface area (Å²) in [6.45, 7) is 6.85. The first kappa shape index (κ1) is 17.3. The van der Waals surface area contributed by atoms with Gasteiger partial charge >= 0.3 is 5.97 Å². The summed E-state index contributed by atoms with van der Waals surface area (Å²) in [6.07, 6.45) is 6.94. The van der Waals surface area contributed by atoms with E-state index in [1.54, 1.807) is 7.11 Å². The fourth-order valence-electron chi connectivity index (χ4n) is 7.89. The molecule has 0 aliphatic heterocycles. The van der Waals surface area contributed by atoms with Crippen molar-refractivity contribution < 1.29 is 19.4 Å². The fourth-order valence-corrected chi connectivity index (χ4v) is 7.89. The van der Waals surface area contributed by atoms with Crippen LogP contribution in [0.25, 0.3) is 0 Å². The normalized spacial score (nSPS) is 50.0. The molecule has 0 aromatic carbocycles. The maximum Gasteiger partial charge on any atom is 0.315 e. The van der Waals surface area contributed by atoms with Gasteiger partial charge in [-0.05, 0) is 48.9 Å². The molecular formula is C21H30O4. The molecule has 4 nitrogen and oxygen atoms in total. The predicted octanol–water partition coefficient (Wildman–Crippen LogP) is 3.56. The summed E-state index contributed by atoms with van der Waals surface area (Å²) < 4.78 is 5.65. The number of aliphatic carboxylic acids is 1. The third-order valence-electron chi connectivity index (χ3n) is 8.52. The van der Waals surface area contributed by atoms with E-state index in [-0.39, 0.29) is 17.8 Å². The highest BCUT2D eigenvalue weighted by Gasteiger charge is 2.84. The van der Waals surface area contributed by atoms with Crippen LogP contribution in [0.1, 0.15) is 46.5 Å². The number of methoxy groups -OCH3 is 1. The molecule has 0 spiro atoms. The molecule has 0 heterocycles. The molecule has 1 N–H and O–H groups in total. The van der Waals surface area contributed by atoms with E-state index in [1.807, 2.05) is 0 Å². The Balaban J connectivity index is 2.02. The quantitative estimate of drug-likeness (QED) is 0.611. The minimum Gasteiger partial charge on any atom is -0.481 e. The van der Waals surface area contributed by atoms with Crippen LogP contribution in [0, 0.1) is 45.8 Å². The molecule has 0 aromatic rings. The van der Waals surface area contributed by atoms with E-state index in [9.17, 15) is 14.7 Å². The summed E-state index contributed by atoms with van der Waals surface area (Å²) in [7, 11) is 1.67. The highest BCUT2D eigenvalue weighted by molar-refractivity contribution is 5.90. The lowest BCUT2D eigenvalue weighted by Crippen LogP contribution is -2.63. The number of ether oxygens (including phenoxy) is 1. The molecule has 3 saturated carbocycles. The van der Waals surface area contributed by atoms with Crippen LogP contribution < -0.4 is 0 Å². The third kappa shape index (κ3) is 1.60. The van der Waals surface area contributed by atoms with Crippen molar-refractivity contribution in [2.24, 2.45) is 45.8 Å². The van der Waals surface area contributed by atoms with Gasteiger partial charge in [-0.25, -0.2) is 0 Å². The summed E-state index contributed by atoms with van der Waals surface area (Å²) in [5, 5.41) is 10.6. The zero-order valence-electron chi connectivity index (χ0n) is 15.7. The van der Waals surface area contributed by atoms with Crippen molar-refractivity contribution in [1.29, 1.82) is 0 Å². The van der Waals surface area contributed by atoms with Gasteiger partial charge in [-0.2, -0.15) is 0 Å². The van der Waals surface area contributed by atoms with Gasteiger partial charge in [0, 0.05) is 12.5 Å². The molecule has 25 heavy (non-hydrogen) atoms. The molecule has 4 unspecified atom stereocenters. The van der Waals surface area contributed by atoms with Gasteiger partial charge < -0.3 is 14.6 Å². The lowest BCUT2D eigenvalue weighted by atomic mass is 9.43. The van der Waals surface area contributed by atoms with E-state index >= 15 is 0 Å². The second kappa shape index (κ2) is 5.18. The first-order valence-electron chi connectivity index (χ1n) is 9.73. The summed E-state index contributed by atoms with van der Waals surface area (Å²) in [4.78, 5) is 25.6. The summed E-state index contributed by atoms with van der Waals surface area (Å²) in [6, 6.07) is 0. The van der Waals surface area contributed by atoms with Crippen LogP contribution in [0.3, 0.4) is 0 Å². The number of rotatable bonds is 5. The van der Waals surface area contributed by atoms with Crippen LogP contribution in [0.15, 0.2) is 11.6 Å². The Morgan fingerprint density at radius 3 is 2.68 bits per heavy atom. The number of allylic oxidation sites excluding steroid dienone is 1. The molecule has 7 atom stereocenters. The minimum atomic E-state index is -1.08. The summed E-state index contributed by atoms with van der Waals surface area (Å²) in [5.41, 5.74) is -1.32. The van der Waals surface area contributed by atoms with Crippen LogP contribution in [0.4, 0.5) is 0 Å². The first-order valence-corrected chi connectivity index (χ1v) is 9.73. The van der Waals surface area contributed by atoms with Gasteiger partial charge in [-0.3, -0.25) is 4.79 Å². The highest BCUT2D eigenvalue weighted by Crippen LogP contribution is 2.82. The third-order valence-corrected chi connectivity index (χ3v) is 8.52. The number of hydrogen-bond acceptors (Lipinski definition) is 3. The number of carboxylic acid groups (broad SMARTS) is 1. The number of carbonyl (C=O) groups is 2. The van der Waals surface area contributed by atoms with Gasteiger partial charge in [0.25, 0.3) is 0 Å². The van der Waals surface area contributed by atoms with Gasteiger partial charge in [0.05, 0.1) is 12.0 Å². The molecule has 0 aromatic heterocycles. The van der Waals surface area contributed by atoms with E-state index < -0.39 is 22.2 Å². The number of carbonyl (C=O) groups excluding carboxylic acids is 1. The predicted molar refractivity (Wildman–Crippen MR) is 93.9 cm³/mol. The largest absolute Gasteiger partial charge is 0.481 e. The molecule has 4 rings (SSSR count). The minimum absolute atomic E-state index is 0.132. The van der Waals surface area contributed by atoms with Crippen molar-refractivity contribution in [3.05, 3.63) is 11.6 Å². The van der Waals surface area contributed by atoms with Gasteiger partial charge in [-0.15, -0.1) is 0 Å². The molecular weight excluding hydrogens is 316 g/mol. The number of hydrogen-bond donors (Lipinski definition) is 1. The molecule has 4 bridgehead atoms. The summed E-state index contributed by atoms with van der Waals surface area (Å²) >= 11 is 0. The van der Waals surface area contributed by atoms with Crippen molar-refractivity contribution in [2.45, 2.75) is 46.5 Å². The Morgan fingerprint density at radius 2 is 2.12 bits per heavy atom. The zero-order chi connectivity index (χ0) is 18.2. The first-order chi connectivity index (χ1) is 11.8. The smallest absolute Gasteiger partial charge is 0.315 e. The van der Waals surface area contributed by atoms with Crippen molar-refractivity contribution in [2.75, 3.05) is 13.7 Å². The van der Waals surface area contributed by atoms with E-state index in [0.717, 1.165) is 31.1 Å². The molecule has 4 aliphatic rings. The van der Waals surface area contributed by atoms with Crippen molar-refractivity contribution in [3.8, 4) is 0 Å². The fraction of sp³-hybridized carbons (Fsp3) is 0.810. The average Bonchev–Trinajstić information content (AvgIpc) is 3.12. The molecule has 138 valence electrons. The van der Waals surface area contributed by atoms with Crippen LogP contribution in [-0.4, -0.2) is 31.1 Å². The average molecular weight is 346 g/mol. The lowest BCUT2D eigenvalue weighted by Gasteiger charge is -2.58. The van der Waals surface area contributed by atoms with Crippen molar-refractivity contribution in [3.63, 3.8) is 0 Å². The van der Waals surface area contributed by atoms with E-state index in [2.05, 4.69) is 26.8 Å². The molecule has 0 radical (unpaired) electrons. The maximum atomic E-state index is 13.0. The van der Waals surface area contributed by atoms with Gasteiger partial charge in [0.2, 0.25) is 0 Å². The Labute approximate surface area is 150 Å². The molecule has 3 fully saturated rings. The molecule has 4 heteroatoms. The number of carboxylic acids is 1. The Kier molecular flexibility index (Phi) is 3.58. The van der Waals surface area contributed by atoms with Gasteiger partial charge in [0.15, 0.2) is 0 Å². The number of fused-ring (bicyclic) bond motifs is 2. The SMILES string of the molecule is COC[C@]12CC3C(C)CCC3[C@@]3(C=O)CC1C=C(C(C)C)[C@@]23C(=O)O. The van der Waals surface area contributed by atoms with Crippen LogP contribution >= 0.6 is 0 Å². The van der Waals surface area contributed by atoms with E-state index in [0.29, 0.717) is 24.9 Å². The monoisotopic (exact) mass is 346 g/mol.